The van der Waals surface area contributed by atoms with Crippen LogP contribution >= 0.6 is 23.4 Å². The fourth-order valence-corrected chi connectivity index (χ4v) is 2.49. The zero-order chi connectivity index (χ0) is 14.5. The number of thioether (sulfide) groups is 1. The molecule has 1 heterocycles. The van der Waals surface area contributed by atoms with Crippen molar-refractivity contribution in [3.63, 3.8) is 0 Å². The Bertz CT molecular complexity index is 604. The Morgan fingerprint density at radius 3 is 2.65 bits per heavy atom. The van der Waals surface area contributed by atoms with E-state index in [2.05, 4.69) is 5.32 Å². The highest BCUT2D eigenvalue weighted by Gasteiger charge is 2.18. The Labute approximate surface area is 126 Å². The van der Waals surface area contributed by atoms with Gasteiger partial charge in [0.15, 0.2) is 6.20 Å². The molecule has 1 aromatic carbocycles. The van der Waals surface area contributed by atoms with E-state index >= 15 is 0 Å². The van der Waals surface area contributed by atoms with Gasteiger partial charge in [0.25, 0.3) is 5.03 Å². The lowest BCUT2D eigenvalue weighted by Gasteiger charge is -2.11. The molecule has 0 bridgehead atoms. The number of pyridine rings is 1. The molecule has 1 amide bonds. The lowest BCUT2D eigenvalue weighted by Crippen LogP contribution is -2.30. The van der Waals surface area contributed by atoms with Crippen molar-refractivity contribution in [2.45, 2.75) is 17.2 Å². The second-order valence-electron chi connectivity index (χ2n) is 4.12. The van der Waals surface area contributed by atoms with Crippen molar-refractivity contribution >= 4 is 35.0 Å². The standard InChI is InChI=1S/C14H13ClN2O2S/c1-10(20-13-4-2-3-9-17(13)19)14(18)16-12-7-5-11(15)6-8-12/h2-10H,1H3,(H,16,18)/t10-/m1/s1. The van der Waals surface area contributed by atoms with Crippen LogP contribution in [0.25, 0.3) is 0 Å². The summed E-state index contributed by atoms with van der Waals surface area (Å²) in [6, 6.07) is 12.0. The zero-order valence-corrected chi connectivity index (χ0v) is 12.3. The average Bonchev–Trinajstić information content (AvgIpc) is 2.44. The SMILES string of the molecule is C[C@@H](Sc1cccc[n+]1[O-])C(=O)Nc1ccc(Cl)cc1. The van der Waals surface area contributed by atoms with Crippen LogP contribution < -0.4 is 10.0 Å². The van der Waals surface area contributed by atoms with Gasteiger partial charge in [-0.3, -0.25) is 4.79 Å². The number of hydrogen-bond acceptors (Lipinski definition) is 3. The van der Waals surface area contributed by atoms with Crippen LogP contribution in [0.3, 0.4) is 0 Å². The number of rotatable bonds is 4. The molecule has 0 aliphatic rings. The molecule has 4 nitrogen and oxygen atoms in total. The molecule has 0 spiro atoms. The minimum absolute atomic E-state index is 0.166. The van der Waals surface area contributed by atoms with Crippen molar-refractivity contribution in [2.75, 3.05) is 5.32 Å². The molecular weight excluding hydrogens is 296 g/mol. The normalized spacial score (nSPS) is 11.9. The van der Waals surface area contributed by atoms with E-state index in [4.69, 9.17) is 11.6 Å². The number of aromatic nitrogens is 1. The molecule has 1 aromatic heterocycles. The van der Waals surface area contributed by atoms with Gasteiger partial charge in [0.05, 0.1) is 5.25 Å². The zero-order valence-electron chi connectivity index (χ0n) is 10.7. The van der Waals surface area contributed by atoms with Gasteiger partial charge in [-0.15, -0.1) is 0 Å². The highest BCUT2D eigenvalue weighted by atomic mass is 35.5. The van der Waals surface area contributed by atoms with E-state index in [9.17, 15) is 10.0 Å². The highest BCUT2D eigenvalue weighted by molar-refractivity contribution is 8.00. The van der Waals surface area contributed by atoms with Crippen molar-refractivity contribution in [1.82, 2.24) is 0 Å². The number of halogens is 1. The molecule has 104 valence electrons. The molecule has 0 aliphatic carbocycles. The molecule has 0 fully saturated rings. The molecule has 20 heavy (non-hydrogen) atoms. The second kappa shape index (κ2) is 6.63. The third-order valence-corrected chi connectivity index (χ3v) is 3.94. The lowest BCUT2D eigenvalue weighted by atomic mass is 10.3. The molecule has 0 aliphatic heterocycles. The first-order valence-electron chi connectivity index (χ1n) is 5.97. The summed E-state index contributed by atoms with van der Waals surface area (Å²) < 4.78 is 0.747. The van der Waals surface area contributed by atoms with E-state index in [1.165, 1.54) is 18.0 Å². The maximum absolute atomic E-state index is 12.0. The van der Waals surface area contributed by atoms with E-state index in [1.54, 1.807) is 49.4 Å². The van der Waals surface area contributed by atoms with E-state index in [0.717, 1.165) is 4.73 Å². The van der Waals surface area contributed by atoms with Crippen LogP contribution in [-0.2, 0) is 4.79 Å². The van der Waals surface area contributed by atoms with Crippen LogP contribution in [0.4, 0.5) is 5.69 Å². The van der Waals surface area contributed by atoms with Crippen LogP contribution in [0.1, 0.15) is 6.92 Å². The molecule has 1 atom stereocenters. The van der Waals surface area contributed by atoms with Gasteiger partial charge in [-0.05, 0) is 49.0 Å². The average molecular weight is 309 g/mol. The number of anilines is 1. The van der Waals surface area contributed by atoms with Gasteiger partial charge in [-0.1, -0.05) is 11.6 Å². The summed E-state index contributed by atoms with van der Waals surface area (Å²) in [6.45, 7) is 1.75. The van der Waals surface area contributed by atoms with Gasteiger partial charge in [0, 0.05) is 22.8 Å². The smallest absolute Gasteiger partial charge is 0.252 e. The van der Waals surface area contributed by atoms with Gasteiger partial charge in [0.2, 0.25) is 5.91 Å². The van der Waals surface area contributed by atoms with Gasteiger partial charge in [0.1, 0.15) is 0 Å². The molecular formula is C14H13ClN2O2S. The summed E-state index contributed by atoms with van der Waals surface area (Å²) in [5.41, 5.74) is 0.676. The van der Waals surface area contributed by atoms with E-state index in [1.807, 2.05) is 0 Å². The maximum atomic E-state index is 12.0. The summed E-state index contributed by atoms with van der Waals surface area (Å²) in [6.07, 6.45) is 1.41. The van der Waals surface area contributed by atoms with Crippen molar-refractivity contribution in [1.29, 1.82) is 0 Å². The number of hydrogen-bond donors (Lipinski definition) is 1. The Balaban J connectivity index is 1.99. The maximum Gasteiger partial charge on any atom is 0.252 e. The van der Waals surface area contributed by atoms with Gasteiger partial charge in [-0.2, -0.15) is 4.73 Å². The summed E-state index contributed by atoms with van der Waals surface area (Å²) in [4.78, 5) is 12.0. The topological polar surface area (TPSA) is 56.0 Å². The van der Waals surface area contributed by atoms with Crippen molar-refractivity contribution in [3.8, 4) is 0 Å². The second-order valence-corrected chi connectivity index (χ2v) is 5.92. The fraction of sp³-hybridized carbons (Fsp3) is 0.143. The monoisotopic (exact) mass is 308 g/mol. The van der Waals surface area contributed by atoms with Crippen molar-refractivity contribution in [3.05, 3.63) is 58.9 Å². The highest BCUT2D eigenvalue weighted by Crippen LogP contribution is 2.21. The Morgan fingerprint density at radius 1 is 1.30 bits per heavy atom. The van der Waals surface area contributed by atoms with E-state index in [-0.39, 0.29) is 11.2 Å². The van der Waals surface area contributed by atoms with Crippen LogP contribution in [0.5, 0.6) is 0 Å². The Kier molecular flexibility index (Phi) is 4.87. The van der Waals surface area contributed by atoms with Crippen LogP contribution in [0.15, 0.2) is 53.7 Å². The van der Waals surface area contributed by atoms with Gasteiger partial charge < -0.3 is 10.5 Å². The largest absolute Gasteiger partial charge is 0.618 e. The third kappa shape index (κ3) is 3.88. The van der Waals surface area contributed by atoms with Gasteiger partial charge >= 0.3 is 0 Å². The Hall–Kier alpha value is -1.72. The third-order valence-electron chi connectivity index (χ3n) is 2.57. The number of carbonyl (C=O) groups is 1. The van der Waals surface area contributed by atoms with Crippen molar-refractivity contribution in [2.24, 2.45) is 0 Å². The molecule has 1 N–H and O–H groups in total. The van der Waals surface area contributed by atoms with Crippen LogP contribution in [0, 0.1) is 5.21 Å². The minimum atomic E-state index is -0.381. The molecule has 2 aromatic rings. The van der Waals surface area contributed by atoms with Crippen LogP contribution in [0.2, 0.25) is 5.02 Å². The summed E-state index contributed by atoms with van der Waals surface area (Å²) in [7, 11) is 0. The van der Waals surface area contributed by atoms with Crippen molar-refractivity contribution < 1.29 is 9.52 Å². The summed E-state index contributed by atoms with van der Waals surface area (Å²) in [5, 5.41) is 15.0. The molecule has 0 saturated carbocycles. The number of amides is 1. The van der Waals surface area contributed by atoms with E-state index < -0.39 is 0 Å². The lowest BCUT2D eigenvalue weighted by molar-refractivity contribution is -0.645. The first-order valence-corrected chi connectivity index (χ1v) is 7.23. The first kappa shape index (κ1) is 14.7. The first-order chi connectivity index (χ1) is 9.56. The number of nitrogens with one attached hydrogen (secondary N) is 1. The summed E-state index contributed by atoms with van der Waals surface area (Å²) in [5.74, 6) is -0.166. The molecule has 0 radical (unpaired) electrons. The number of nitrogens with zero attached hydrogens (tertiary/aromatic N) is 1. The molecule has 6 heteroatoms. The predicted molar refractivity (Wildman–Crippen MR) is 80.8 cm³/mol. The quantitative estimate of drug-likeness (QED) is 0.536. The number of carbonyl (C=O) groups excluding carboxylic acids is 1. The molecule has 2 rings (SSSR count). The van der Waals surface area contributed by atoms with Crippen LogP contribution in [-0.4, -0.2) is 11.2 Å². The Morgan fingerprint density at radius 2 is 2.00 bits per heavy atom. The van der Waals surface area contributed by atoms with Gasteiger partial charge in [-0.25, -0.2) is 0 Å². The molecule has 0 saturated heterocycles. The number of benzene rings is 1. The summed E-state index contributed by atoms with van der Waals surface area (Å²) >= 11 is 6.99. The van der Waals surface area contributed by atoms with E-state index in [0.29, 0.717) is 15.7 Å². The predicted octanol–water partition coefficient (Wildman–Crippen LogP) is 3.09. The minimum Gasteiger partial charge on any atom is -0.618 e. The molecule has 0 unspecified atom stereocenters. The fourth-order valence-electron chi connectivity index (χ4n) is 1.52.